The predicted octanol–water partition coefficient (Wildman–Crippen LogP) is 5.40. The fraction of sp³-hybridized carbons (Fsp3) is 0.259. The van der Waals surface area contributed by atoms with Gasteiger partial charge in [0.15, 0.2) is 0 Å². The van der Waals surface area contributed by atoms with Gasteiger partial charge in [-0.3, -0.25) is 9.69 Å². The van der Waals surface area contributed by atoms with Gasteiger partial charge in [-0.15, -0.1) is 11.8 Å². The zero-order chi connectivity index (χ0) is 23.0. The van der Waals surface area contributed by atoms with Crippen LogP contribution in [0.4, 0.5) is 0 Å². The molecule has 0 atom stereocenters. The van der Waals surface area contributed by atoms with Crippen molar-refractivity contribution in [3.05, 3.63) is 102 Å². The number of hydrogen-bond donors (Lipinski definition) is 1. The Morgan fingerprint density at radius 2 is 1.70 bits per heavy atom. The van der Waals surface area contributed by atoms with E-state index in [-0.39, 0.29) is 5.91 Å². The number of carbonyl (C=O) groups excluding carboxylic acids is 1. The summed E-state index contributed by atoms with van der Waals surface area (Å²) in [6.45, 7) is 7.94. The summed E-state index contributed by atoms with van der Waals surface area (Å²) in [4.78, 5) is 20.7. The SMILES string of the molecule is CCN(CC)Cc1ccc(CNC(=O)c2ccc(SCc3cn4ccccc4n3)cc2)cc1. The van der Waals surface area contributed by atoms with Crippen LogP contribution in [0.3, 0.4) is 0 Å². The number of amides is 1. The Labute approximate surface area is 199 Å². The number of aromatic nitrogens is 2. The maximum absolute atomic E-state index is 12.6. The Balaban J connectivity index is 1.26. The van der Waals surface area contributed by atoms with Crippen molar-refractivity contribution in [2.24, 2.45) is 0 Å². The number of rotatable bonds is 10. The fourth-order valence-corrected chi connectivity index (χ4v) is 4.45. The van der Waals surface area contributed by atoms with Gasteiger partial charge in [-0.25, -0.2) is 4.98 Å². The van der Waals surface area contributed by atoms with E-state index in [9.17, 15) is 4.79 Å². The number of nitrogens with one attached hydrogen (secondary N) is 1. The second kappa shape index (κ2) is 11.2. The second-order valence-electron chi connectivity index (χ2n) is 7.97. The van der Waals surface area contributed by atoms with Gasteiger partial charge in [0.25, 0.3) is 5.91 Å². The molecule has 170 valence electrons. The minimum absolute atomic E-state index is 0.0564. The molecule has 0 aliphatic rings. The molecule has 0 aliphatic carbocycles. The van der Waals surface area contributed by atoms with Crippen LogP contribution in [-0.2, 0) is 18.8 Å². The zero-order valence-corrected chi connectivity index (χ0v) is 20.0. The Morgan fingerprint density at radius 3 is 2.39 bits per heavy atom. The number of imidazole rings is 1. The van der Waals surface area contributed by atoms with E-state index in [1.54, 1.807) is 11.8 Å². The summed E-state index contributed by atoms with van der Waals surface area (Å²) in [6, 6.07) is 22.2. The number of benzene rings is 2. The Hall–Kier alpha value is -3.09. The minimum Gasteiger partial charge on any atom is -0.348 e. The molecule has 0 saturated carbocycles. The second-order valence-corrected chi connectivity index (χ2v) is 9.02. The van der Waals surface area contributed by atoms with E-state index >= 15 is 0 Å². The topological polar surface area (TPSA) is 49.6 Å². The van der Waals surface area contributed by atoms with Crippen molar-refractivity contribution in [3.8, 4) is 0 Å². The van der Waals surface area contributed by atoms with E-state index in [0.717, 1.165) is 47.2 Å². The molecule has 2 heterocycles. The van der Waals surface area contributed by atoms with Crippen molar-refractivity contribution in [2.75, 3.05) is 13.1 Å². The molecular weight excluding hydrogens is 428 g/mol. The van der Waals surface area contributed by atoms with Crippen molar-refractivity contribution >= 4 is 23.3 Å². The summed E-state index contributed by atoms with van der Waals surface area (Å²) in [7, 11) is 0. The van der Waals surface area contributed by atoms with Gasteiger partial charge >= 0.3 is 0 Å². The lowest BCUT2D eigenvalue weighted by atomic mass is 10.1. The fourth-order valence-electron chi connectivity index (χ4n) is 3.67. The molecule has 1 amide bonds. The van der Waals surface area contributed by atoms with Crippen LogP contribution in [0.25, 0.3) is 5.65 Å². The van der Waals surface area contributed by atoms with E-state index in [0.29, 0.717) is 12.1 Å². The summed E-state index contributed by atoms with van der Waals surface area (Å²) in [5, 5.41) is 3.02. The highest BCUT2D eigenvalue weighted by Gasteiger charge is 2.07. The molecule has 0 bridgehead atoms. The molecule has 6 heteroatoms. The van der Waals surface area contributed by atoms with Crippen LogP contribution in [0.2, 0.25) is 0 Å². The van der Waals surface area contributed by atoms with Crippen molar-refractivity contribution in [1.29, 1.82) is 0 Å². The van der Waals surface area contributed by atoms with E-state index in [1.807, 2.05) is 53.1 Å². The minimum atomic E-state index is -0.0564. The molecule has 1 N–H and O–H groups in total. The molecule has 4 rings (SSSR count). The van der Waals surface area contributed by atoms with Crippen LogP contribution < -0.4 is 5.32 Å². The molecule has 0 saturated heterocycles. The summed E-state index contributed by atoms with van der Waals surface area (Å²) in [6.07, 6.45) is 4.06. The van der Waals surface area contributed by atoms with Crippen molar-refractivity contribution in [3.63, 3.8) is 0 Å². The molecule has 0 unspecified atom stereocenters. The highest BCUT2D eigenvalue weighted by molar-refractivity contribution is 7.98. The van der Waals surface area contributed by atoms with Gasteiger partial charge < -0.3 is 9.72 Å². The molecule has 0 spiro atoms. The lowest BCUT2D eigenvalue weighted by molar-refractivity contribution is 0.0951. The van der Waals surface area contributed by atoms with E-state index < -0.39 is 0 Å². The number of hydrogen-bond acceptors (Lipinski definition) is 4. The maximum atomic E-state index is 12.6. The third-order valence-corrected chi connectivity index (χ3v) is 6.74. The molecule has 5 nitrogen and oxygen atoms in total. The van der Waals surface area contributed by atoms with Crippen molar-refractivity contribution < 1.29 is 4.79 Å². The first-order valence-corrected chi connectivity index (χ1v) is 12.4. The quantitative estimate of drug-likeness (QED) is 0.323. The van der Waals surface area contributed by atoms with Gasteiger partial charge in [0.1, 0.15) is 5.65 Å². The Morgan fingerprint density at radius 1 is 0.970 bits per heavy atom. The third-order valence-electron chi connectivity index (χ3n) is 5.69. The first-order valence-electron chi connectivity index (χ1n) is 11.4. The van der Waals surface area contributed by atoms with Crippen molar-refractivity contribution in [1.82, 2.24) is 19.6 Å². The highest BCUT2D eigenvalue weighted by atomic mass is 32.2. The Bertz CT molecular complexity index is 1150. The van der Waals surface area contributed by atoms with Crippen LogP contribution in [0.1, 0.15) is 41.0 Å². The lowest BCUT2D eigenvalue weighted by Crippen LogP contribution is -2.23. The van der Waals surface area contributed by atoms with Crippen LogP contribution in [0.15, 0.2) is 84.0 Å². The molecule has 2 aromatic heterocycles. The zero-order valence-electron chi connectivity index (χ0n) is 19.2. The van der Waals surface area contributed by atoms with Gasteiger partial charge in [0, 0.05) is 41.7 Å². The summed E-state index contributed by atoms with van der Waals surface area (Å²) >= 11 is 1.72. The van der Waals surface area contributed by atoms with E-state index in [2.05, 4.69) is 59.5 Å². The van der Waals surface area contributed by atoms with Gasteiger partial charge in [-0.2, -0.15) is 0 Å². The van der Waals surface area contributed by atoms with Gasteiger partial charge in [-0.1, -0.05) is 44.2 Å². The lowest BCUT2D eigenvalue weighted by Gasteiger charge is -2.18. The molecule has 0 fully saturated rings. The average molecular weight is 459 g/mol. The standard InChI is InChI=1S/C27H30N4OS/c1-3-30(4-2)18-22-10-8-21(9-11-22)17-28-27(32)23-12-14-25(15-13-23)33-20-24-19-31-16-6-5-7-26(31)29-24/h5-16,19H,3-4,17-18,20H2,1-2H3,(H,28,32). The number of carbonyl (C=O) groups is 1. The summed E-state index contributed by atoms with van der Waals surface area (Å²) < 4.78 is 2.03. The van der Waals surface area contributed by atoms with E-state index in [1.165, 1.54) is 5.56 Å². The van der Waals surface area contributed by atoms with Crippen LogP contribution >= 0.6 is 11.8 Å². The van der Waals surface area contributed by atoms with Crippen LogP contribution in [0.5, 0.6) is 0 Å². The molecule has 33 heavy (non-hydrogen) atoms. The first-order chi connectivity index (χ1) is 16.1. The molecule has 2 aromatic carbocycles. The monoisotopic (exact) mass is 458 g/mol. The third kappa shape index (κ3) is 6.24. The smallest absolute Gasteiger partial charge is 0.251 e. The normalized spacial score (nSPS) is 11.2. The summed E-state index contributed by atoms with van der Waals surface area (Å²) in [5.74, 6) is 0.733. The largest absolute Gasteiger partial charge is 0.348 e. The van der Waals surface area contributed by atoms with Crippen molar-refractivity contribution in [2.45, 2.75) is 37.6 Å². The maximum Gasteiger partial charge on any atom is 0.251 e. The number of fused-ring (bicyclic) bond motifs is 1. The Kier molecular flexibility index (Phi) is 7.81. The van der Waals surface area contributed by atoms with Gasteiger partial charge in [0.2, 0.25) is 0 Å². The average Bonchev–Trinajstić information content (AvgIpc) is 3.29. The summed E-state index contributed by atoms with van der Waals surface area (Å²) in [5.41, 5.74) is 5.07. The number of pyridine rings is 1. The molecule has 0 radical (unpaired) electrons. The van der Waals surface area contributed by atoms with Gasteiger partial charge in [0.05, 0.1) is 5.69 Å². The number of nitrogens with zero attached hydrogens (tertiary/aromatic N) is 3. The predicted molar refractivity (Wildman–Crippen MR) is 135 cm³/mol. The van der Waals surface area contributed by atoms with Crippen LogP contribution in [0, 0.1) is 0 Å². The first kappa shape index (κ1) is 23.1. The van der Waals surface area contributed by atoms with Crippen LogP contribution in [-0.4, -0.2) is 33.3 Å². The van der Waals surface area contributed by atoms with E-state index in [4.69, 9.17) is 0 Å². The highest BCUT2D eigenvalue weighted by Crippen LogP contribution is 2.23. The van der Waals surface area contributed by atoms with Gasteiger partial charge in [-0.05, 0) is 60.6 Å². The molecule has 4 aromatic rings. The molecular formula is C27H30N4OS. The molecule has 0 aliphatic heterocycles. The number of thioether (sulfide) groups is 1.